The van der Waals surface area contributed by atoms with Gasteiger partial charge in [-0.3, -0.25) is 19.4 Å². The third-order valence-corrected chi connectivity index (χ3v) is 6.06. The Hall–Kier alpha value is -2.33. The van der Waals surface area contributed by atoms with E-state index in [1.54, 1.807) is 15.9 Å². The first-order valence-electron chi connectivity index (χ1n) is 9.54. The first-order valence-corrected chi connectivity index (χ1v) is 10.8. The summed E-state index contributed by atoms with van der Waals surface area (Å²) in [5.41, 5.74) is 1.08. The van der Waals surface area contributed by atoms with Crippen molar-refractivity contribution in [2.75, 3.05) is 32.8 Å². The molecule has 2 aromatic heterocycles. The Balaban J connectivity index is 1.50. The van der Waals surface area contributed by atoms with E-state index in [2.05, 4.69) is 20.4 Å². The molecule has 1 fully saturated rings. The fourth-order valence-corrected chi connectivity index (χ4v) is 4.32. The standard InChI is InChI=1S/C20H23N5O2S2/c26-18(14-25-19(22-23-20(25)28)17-7-4-12-29-17)21-16(15-5-2-1-3-6-15)13-24-8-10-27-11-9-24/h1-7,12,16H,8-11,13-14H2,(H,21,26)(H,23,28). The minimum absolute atomic E-state index is 0.0950. The summed E-state index contributed by atoms with van der Waals surface area (Å²) in [4.78, 5) is 16.2. The monoisotopic (exact) mass is 429 g/mol. The second kappa shape index (κ2) is 9.45. The highest BCUT2D eigenvalue weighted by atomic mass is 32.1. The zero-order valence-electron chi connectivity index (χ0n) is 15.9. The third kappa shape index (κ3) is 4.99. The quantitative estimate of drug-likeness (QED) is 0.565. The van der Waals surface area contributed by atoms with E-state index in [1.807, 2.05) is 47.8 Å². The molecule has 29 heavy (non-hydrogen) atoms. The van der Waals surface area contributed by atoms with Crippen LogP contribution in [0.5, 0.6) is 0 Å². The van der Waals surface area contributed by atoms with Gasteiger partial charge in [0.05, 0.1) is 24.1 Å². The van der Waals surface area contributed by atoms with Crippen LogP contribution in [0, 0.1) is 4.77 Å². The molecule has 9 heteroatoms. The van der Waals surface area contributed by atoms with Crippen molar-refractivity contribution < 1.29 is 9.53 Å². The second-order valence-electron chi connectivity index (χ2n) is 6.86. The van der Waals surface area contributed by atoms with Gasteiger partial charge >= 0.3 is 0 Å². The van der Waals surface area contributed by atoms with Crippen molar-refractivity contribution in [2.45, 2.75) is 12.6 Å². The summed E-state index contributed by atoms with van der Waals surface area (Å²) < 4.78 is 7.63. The van der Waals surface area contributed by atoms with Crippen LogP contribution in [-0.4, -0.2) is 58.4 Å². The summed E-state index contributed by atoms with van der Waals surface area (Å²) in [6, 6.07) is 13.9. The molecule has 4 rings (SSSR count). The molecule has 1 saturated heterocycles. The highest BCUT2D eigenvalue weighted by Gasteiger charge is 2.21. The van der Waals surface area contributed by atoms with E-state index in [9.17, 15) is 4.79 Å². The molecule has 1 aliphatic heterocycles. The molecule has 0 saturated carbocycles. The van der Waals surface area contributed by atoms with Crippen molar-refractivity contribution in [2.24, 2.45) is 0 Å². The molecule has 1 aliphatic rings. The lowest BCUT2D eigenvalue weighted by Gasteiger charge is -2.31. The molecule has 3 heterocycles. The van der Waals surface area contributed by atoms with Crippen LogP contribution < -0.4 is 5.32 Å². The zero-order valence-corrected chi connectivity index (χ0v) is 17.5. The number of morpholine rings is 1. The van der Waals surface area contributed by atoms with E-state index in [4.69, 9.17) is 17.0 Å². The molecule has 3 aromatic rings. The molecule has 152 valence electrons. The number of rotatable bonds is 7. The van der Waals surface area contributed by atoms with Crippen molar-refractivity contribution in [3.8, 4) is 10.7 Å². The minimum atomic E-state index is -0.104. The van der Waals surface area contributed by atoms with Crippen LogP contribution in [0.25, 0.3) is 10.7 Å². The number of hydrogen-bond donors (Lipinski definition) is 2. The number of carbonyl (C=O) groups excluding carboxylic acids is 1. The first-order chi connectivity index (χ1) is 14.2. The third-order valence-electron chi connectivity index (χ3n) is 4.88. The summed E-state index contributed by atoms with van der Waals surface area (Å²) in [7, 11) is 0. The molecule has 0 bridgehead atoms. The van der Waals surface area contributed by atoms with E-state index in [1.165, 1.54) is 0 Å². The van der Waals surface area contributed by atoms with E-state index in [0.29, 0.717) is 10.6 Å². The highest BCUT2D eigenvalue weighted by Crippen LogP contribution is 2.23. The van der Waals surface area contributed by atoms with Gasteiger partial charge in [-0.25, -0.2) is 0 Å². The van der Waals surface area contributed by atoms with Crippen LogP contribution in [0.4, 0.5) is 0 Å². The average molecular weight is 430 g/mol. The molecule has 0 radical (unpaired) electrons. The number of hydrogen-bond acceptors (Lipinski definition) is 6. The smallest absolute Gasteiger partial charge is 0.240 e. The molecule has 0 aliphatic carbocycles. The Morgan fingerprint density at radius 2 is 2.03 bits per heavy atom. The first kappa shape index (κ1) is 20.0. The summed E-state index contributed by atoms with van der Waals surface area (Å²) in [5, 5.41) is 12.3. The molecule has 1 amide bonds. The van der Waals surface area contributed by atoms with Gasteiger partial charge in [0.15, 0.2) is 10.6 Å². The molecule has 0 spiro atoms. The number of nitrogens with zero attached hydrogens (tertiary/aromatic N) is 3. The average Bonchev–Trinajstić information content (AvgIpc) is 3.39. The molecule has 1 atom stereocenters. The summed E-state index contributed by atoms with van der Waals surface area (Å²) in [6.45, 7) is 4.05. The topological polar surface area (TPSA) is 75.2 Å². The van der Waals surface area contributed by atoms with E-state index in [-0.39, 0.29) is 18.5 Å². The predicted molar refractivity (Wildman–Crippen MR) is 115 cm³/mol. The zero-order chi connectivity index (χ0) is 20.1. The lowest BCUT2D eigenvalue weighted by molar-refractivity contribution is -0.122. The van der Waals surface area contributed by atoms with Gasteiger partial charge in [-0.15, -0.1) is 11.3 Å². The Kier molecular flexibility index (Phi) is 6.50. The molecule has 7 nitrogen and oxygen atoms in total. The van der Waals surface area contributed by atoms with Crippen LogP contribution in [0.2, 0.25) is 0 Å². The molecular formula is C20H23N5O2S2. The van der Waals surface area contributed by atoms with Crippen LogP contribution in [0.15, 0.2) is 47.8 Å². The molecule has 2 N–H and O–H groups in total. The number of ether oxygens (including phenoxy) is 1. The molecule has 1 unspecified atom stereocenters. The normalized spacial score (nSPS) is 15.9. The van der Waals surface area contributed by atoms with E-state index < -0.39 is 0 Å². The molecule has 1 aromatic carbocycles. The Bertz CT molecular complexity index is 978. The predicted octanol–water partition coefficient (Wildman–Crippen LogP) is 2.86. The lowest BCUT2D eigenvalue weighted by Crippen LogP contribution is -2.43. The number of aromatic amines is 1. The van der Waals surface area contributed by atoms with Gasteiger partial charge in [0, 0.05) is 19.6 Å². The van der Waals surface area contributed by atoms with Gasteiger partial charge in [-0.1, -0.05) is 36.4 Å². The van der Waals surface area contributed by atoms with E-state index >= 15 is 0 Å². The van der Waals surface area contributed by atoms with Gasteiger partial charge in [0.1, 0.15) is 6.54 Å². The summed E-state index contributed by atoms with van der Waals surface area (Å²) in [5.74, 6) is 0.590. The number of benzene rings is 1. The lowest BCUT2D eigenvalue weighted by atomic mass is 10.1. The largest absolute Gasteiger partial charge is 0.379 e. The van der Waals surface area contributed by atoms with Gasteiger partial charge in [0.25, 0.3) is 0 Å². The van der Waals surface area contributed by atoms with Gasteiger partial charge < -0.3 is 10.1 Å². The summed E-state index contributed by atoms with van der Waals surface area (Å²) >= 11 is 6.92. The number of H-pyrrole nitrogens is 1. The number of thiophene rings is 1. The number of carbonyl (C=O) groups is 1. The number of nitrogens with one attached hydrogen (secondary N) is 2. The van der Waals surface area contributed by atoms with Crippen LogP contribution in [0.1, 0.15) is 11.6 Å². The maximum atomic E-state index is 13.0. The fourth-order valence-electron chi connectivity index (χ4n) is 3.40. The van der Waals surface area contributed by atoms with Crippen LogP contribution in [-0.2, 0) is 16.1 Å². The SMILES string of the molecule is O=C(Cn1c(-c2cccs2)n[nH]c1=S)NC(CN1CCOCC1)c1ccccc1. The fraction of sp³-hybridized carbons (Fsp3) is 0.350. The van der Waals surface area contributed by atoms with Gasteiger partial charge in [-0.05, 0) is 29.2 Å². The maximum absolute atomic E-state index is 13.0. The van der Waals surface area contributed by atoms with Gasteiger partial charge in [0.2, 0.25) is 5.91 Å². The second-order valence-corrected chi connectivity index (χ2v) is 8.19. The summed E-state index contributed by atoms with van der Waals surface area (Å²) in [6.07, 6.45) is 0. The van der Waals surface area contributed by atoms with Crippen molar-refractivity contribution in [3.63, 3.8) is 0 Å². The minimum Gasteiger partial charge on any atom is -0.379 e. The van der Waals surface area contributed by atoms with Crippen LogP contribution in [0.3, 0.4) is 0 Å². The van der Waals surface area contributed by atoms with Crippen molar-refractivity contribution in [3.05, 3.63) is 58.2 Å². The Morgan fingerprint density at radius 1 is 1.24 bits per heavy atom. The number of amides is 1. The van der Waals surface area contributed by atoms with E-state index in [0.717, 1.165) is 43.3 Å². The van der Waals surface area contributed by atoms with Crippen LogP contribution >= 0.6 is 23.6 Å². The maximum Gasteiger partial charge on any atom is 0.240 e. The number of aromatic nitrogens is 3. The molecular weight excluding hydrogens is 406 g/mol. The van der Waals surface area contributed by atoms with Crippen molar-refractivity contribution >= 4 is 29.5 Å². The Labute approximate surface area is 178 Å². The highest BCUT2D eigenvalue weighted by molar-refractivity contribution is 7.71. The van der Waals surface area contributed by atoms with Gasteiger partial charge in [-0.2, -0.15) is 5.10 Å². The van der Waals surface area contributed by atoms with Crippen molar-refractivity contribution in [1.29, 1.82) is 0 Å². The van der Waals surface area contributed by atoms with Crippen molar-refractivity contribution in [1.82, 2.24) is 25.0 Å². The Morgan fingerprint density at radius 3 is 2.76 bits per heavy atom.